The Kier molecular flexibility index (Phi) is 9.27. The minimum absolute atomic E-state index is 0. The molecular formula is C12H11Cl5N2O. The molecule has 0 aliphatic heterocycles. The van der Waals surface area contributed by atoms with Gasteiger partial charge in [0, 0.05) is 17.2 Å². The molecule has 2 aromatic rings. The van der Waals surface area contributed by atoms with E-state index in [1.54, 1.807) is 19.2 Å². The van der Waals surface area contributed by atoms with Crippen molar-refractivity contribution in [3.05, 3.63) is 49.9 Å². The molecule has 0 atom stereocenters. The van der Waals surface area contributed by atoms with Crippen LogP contribution in [0.2, 0.25) is 25.6 Å². The Morgan fingerprint density at radius 2 is 1.10 bits per heavy atom. The molecule has 110 valence electrons. The summed E-state index contributed by atoms with van der Waals surface area (Å²) in [5.74, 6) is 0.616. The van der Waals surface area contributed by atoms with Gasteiger partial charge in [-0.15, -0.1) is 0 Å². The van der Waals surface area contributed by atoms with Gasteiger partial charge >= 0.3 is 0 Å². The number of aromatic nitrogens is 2. The quantitative estimate of drug-likeness (QED) is 0.566. The lowest BCUT2D eigenvalue weighted by Gasteiger charge is -1.98. The van der Waals surface area contributed by atoms with E-state index in [4.69, 9.17) is 62.7 Å². The Labute approximate surface area is 142 Å². The van der Waals surface area contributed by atoms with E-state index >= 15 is 0 Å². The molecule has 8 heteroatoms. The highest BCUT2D eigenvalue weighted by molar-refractivity contribution is 6.36. The van der Waals surface area contributed by atoms with Crippen LogP contribution in [-0.2, 0) is 0 Å². The maximum atomic E-state index is 5.55. The molecule has 3 nitrogen and oxygen atoms in total. The third-order valence-electron chi connectivity index (χ3n) is 1.70. The number of methoxy groups -OCH3 is 1. The Balaban J connectivity index is 0.000000345. The topological polar surface area (TPSA) is 35.0 Å². The SMILES string of the molecule is C.COc1cc(Cl)nc(Cl)c1.Clc1cc(Cl)nc(Cl)c1. The van der Waals surface area contributed by atoms with Gasteiger partial charge in [-0.3, -0.25) is 0 Å². The molecule has 0 aromatic carbocycles. The van der Waals surface area contributed by atoms with E-state index in [1.165, 1.54) is 12.1 Å². The van der Waals surface area contributed by atoms with Crippen LogP contribution in [0.5, 0.6) is 5.75 Å². The van der Waals surface area contributed by atoms with Crippen molar-refractivity contribution < 1.29 is 4.74 Å². The van der Waals surface area contributed by atoms with Crippen molar-refractivity contribution in [2.45, 2.75) is 7.43 Å². The number of hydrogen-bond donors (Lipinski definition) is 0. The predicted molar refractivity (Wildman–Crippen MR) is 86.8 cm³/mol. The van der Waals surface area contributed by atoms with E-state index in [0.29, 0.717) is 31.4 Å². The Hall–Kier alpha value is -0.450. The van der Waals surface area contributed by atoms with Crippen molar-refractivity contribution in [1.82, 2.24) is 9.97 Å². The zero-order chi connectivity index (χ0) is 14.4. The van der Waals surface area contributed by atoms with Crippen molar-refractivity contribution in [1.29, 1.82) is 0 Å². The second-order valence-electron chi connectivity index (χ2n) is 3.08. The third kappa shape index (κ3) is 7.36. The van der Waals surface area contributed by atoms with Gasteiger partial charge in [-0.2, -0.15) is 0 Å². The van der Waals surface area contributed by atoms with E-state index in [1.807, 2.05) is 0 Å². The standard InChI is InChI=1S/C6H5Cl2NO.C5H2Cl3N.CH4/c1-10-4-2-5(7)9-6(8)3-4;6-3-1-4(7)9-5(8)2-3;/h2-3H,1H3;1-2H;1H4. The molecule has 0 bridgehead atoms. The first-order chi connectivity index (χ1) is 8.90. The average molecular weight is 376 g/mol. The second-order valence-corrected chi connectivity index (χ2v) is 5.07. The lowest BCUT2D eigenvalue weighted by molar-refractivity contribution is 0.414. The molecule has 0 aliphatic carbocycles. The van der Waals surface area contributed by atoms with Crippen LogP contribution < -0.4 is 4.74 Å². The molecular weight excluding hydrogens is 365 g/mol. The van der Waals surface area contributed by atoms with E-state index < -0.39 is 0 Å². The van der Waals surface area contributed by atoms with Crippen LogP contribution in [0.25, 0.3) is 0 Å². The van der Waals surface area contributed by atoms with Crippen LogP contribution in [0.3, 0.4) is 0 Å². The lowest BCUT2D eigenvalue weighted by atomic mass is 10.4. The van der Waals surface area contributed by atoms with Gasteiger partial charge < -0.3 is 4.74 Å². The van der Waals surface area contributed by atoms with Crippen LogP contribution in [0.1, 0.15) is 7.43 Å². The summed E-state index contributed by atoms with van der Waals surface area (Å²) in [6.07, 6.45) is 0. The van der Waals surface area contributed by atoms with Crippen molar-refractivity contribution in [3.63, 3.8) is 0 Å². The smallest absolute Gasteiger partial charge is 0.134 e. The molecule has 0 saturated carbocycles. The predicted octanol–water partition coefficient (Wildman–Crippen LogP) is 6.07. The molecule has 0 N–H and O–H groups in total. The van der Waals surface area contributed by atoms with Gasteiger partial charge in [-0.25, -0.2) is 9.97 Å². The minimum Gasteiger partial charge on any atom is -0.497 e. The van der Waals surface area contributed by atoms with Gasteiger partial charge in [0.05, 0.1) is 7.11 Å². The van der Waals surface area contributed by atoms with Crippen molar-refractivity contribution in [3.8, 4) is 5.75 Å². The fourth-order valence-corrected chi connectivity index (χ4v) is 2.22. The molecule has 20 heavy (non-hydrogen) atoms. The highest BCUT2D eigenvalue weighted by Crippen LogP contribution is 2.19. The molecule has 0 amide bonds. The van der Waals surface area contributed by atoms with Crippen LogP contribution in [-0.4, -0.2) is 17.1 Å². The first-order valence-corrected chi connectivity index (χ1v) is 6.65. The highest BCUT2D eigenvalue weighted by atomic mass is 35.5. The maximum Gasteiger partial charge on any atom is 0.134 e. The number of pyridine rings is 2. The van der Waals surface area contributed by atoms with Crippen LogP contribution >= 0.6 is 58.0 Å². The summed E-state index contributed by atoms with van der Waals surface area (Å²) in [5, 5.41) is 1.80. The first-order valence-electron chi connectivity index (χ1n) is 4.76. The summed E-state index contributed by atoms with van der Waals surface area (Å²) in [6.45, 7) is 0. The number of rotatable bonds is 1. The molecule has 0 unspecified atom stereocenters. The van der Waals surface area contributed by atoms with E-state index in [0.717, 1.165) is 0 Å². The molecule has 0 spiro atoms. The summed E-state index contributed by atoms with van der Waals surface area (Å²) < 4.78 is 4.87. The van der Waals surface area contributed by atoms with Crippen LogP contribution in [0, 0.1) is 0 Å². The van der Waals surface area contributed by atoms with E-state index in [-0.39, 0.29) is 7.43 Å². The Morgan fingerprint density at radius 3 is 1.40 bits per heavy atom. The van der Waals surface area contributed by atoms with Crippen LogP contribution in [0.4, 0.5) is 0 Å². The maximum absolute atomic E-state index is 5.55. The Bertz CT molecular complexity index is 495. The molecule has 2 rings (SSSR count). The molecule has 0 radical (unpaired) electrons. The van der Waals surface area contributed by atoms with Gasteiger partial charge in [0.1, 0.15) is 26.4 Å². The second kappa shape index (κ2) is 9.48. The molecule has 0 saturated heterocycles. The summed E-state index contributed by atoms with van der Waals surface area (Å²) in [5.41, 5.74) is 0. The van der Waals surface area contributed by atoms with Gasteiger partial charge in [-0.05, 0) is 12.1 Å². The molecule has 0 aliphatic rings. The summed E-state index contributed by atoms with van der Waals surface area (Å²) in [7, 11) is 1.54. The monoisotopic (exact) mass is 374 g/mol. The van der Waals surface area contributed by atoms with Crippen LogP contribution in [0.15, 0.2) is 24.3 Å². The van der Waals surface area contributed by atoms with Gasteiger partial charge in [0.15, 0.2) is 0 Å². The summed E-state index contributed by atoms with van der Waals surface area (Å²) in [4.78, 5) is 7.41. The zero-order valence-corrected chi connectivity index (χ0v) is 13.3. The summed E-state index contributed by atoms with van der Waals surface area (Å²) >= 11 is 27.6. The number of halogens is 5. The normalized spacial score (nSPS) is 9.10. The highest BCUT2D eigenvalue weighted by Gasteiger charge is 1.97. The number of hydrogen-bond acceptors (Lipinski definition) is 3. The fraction of sp³-hybridized carbons (Fsp3) is 0.167. The van der Waals surface area contributed by atoms with Gasteiger partial charge in [0.2, 0.25) is 0 Å². The first kappa shape index (κ1) is 19.6. The minimum atomic E-state index is 0. The summed E-state index contributed by atoms with van der Waals surface area (Å²) in [6, 6.07) is 6.23. The lowest BCUT2D eigenvalue weighted by Crippen LogP contribution is -1.84. The van der Waals surface area contributed by atoms with Gasteiger partial charge in [-0.1, -0.05) is 65.4 Å². The molecule has 0 fully saturated rings. The largest absolute Gasteiger partial charge is 0.497 e. The molecule has 2 aromatic heterocycles. The van der Waals surface area contributed by atoms with Crippen molar-refractivity contribution in [2.24, 2.45) is 0 Å². The zero-order valence-electron chi connectivity index (χ0n) is 9.50. The van der Waals surface area contributed by atoms with E-state index in [9.17, 15) is 0 Å². The van der Waals surface area contributed by atoms with Crippen molar-refractivity contribution >= 4 is 58.0 Å². The van der Waals surface area contributed by atoms with E-state index in [2.05, 4.69) is 9.97 Å². The number of nitrogens with zero attached hydrogens (tertiary/aromatic N) is 2. The number of ether oxygens (including phenoxy) is 1. The van der Waals surface area contributed by atoms with Crippen molar-refractivity contribution in [2.75, 3.05) is 7.11 Å². The fourth-order valence-electron chi connectivity index (χ4n) is 0.997. The average Bonchev–Trinajstić information content (AvgIpc) is 2.26. The van der Waals surface area contributed by atoms with Gasteiger partial charge in [0.25, 0.3) is 0 Å². The molecule has 2 heterocycles. The third-order valence-corrected chi connectivity index (χ3v) is 2.69. The Morgan fingerprint density at radius 1 is 0.750 bits per heavy atom.